The number of hydrogen-bond donors (Lipinski definition) is 1. The van der Waals surface area contributed by atoms with Crippen molar-refractivity contribution in [3.8, 4) is 0 Å². The number of halogens is 2. The second-order valence-corrected chi connectivity index (χ2v) is 8.38. The molecular weight excluding hydrogens is 402 g/mol. The number of benzene rings is 1. The maximum absolute atomic E-state index is 14.7. The summed E-state index contributed by atoms with van der Waals surface area (Å²) in [6, 6.07) is 7.19. The van der Waals surface area contributed by atoms with Crippen LogP contribution in [0.5, 0.6) is 0 Å². The van der Waals surface area contributed by atoms with Crippen LogP contribution in [0, 0.1) is 17.6 Å². The lowest BCUT2D eigenvalue weighted by Crippen LogP contribution is -2.49. The first-order chi connectivity index (χ1) is 14.9. The SMILES string of the molecule is CN1CCN(C(=O)C2CN(c3cccnn3)C[C@H]2c2ccc(F)cc2F)CCCC1N. The first-order valence-corrected chi connectivity index (χ1v) is 10.7. The third-order valence-corrected chi connectivity index (χ3v) is 6.41. The Morgan fingerprint density at radius 2 is 2.00 bits per heavy atom. The molecule has 0 saturated carbocycles. The van der Waals surface area contributed by atoms with E-state index in [9.17, 15) is 13.6 Å². The molecule has 166 valence electrons. The standard InChI is InChI=1S/C22H28F2N6O/c1-28-10-11-29(9-3-4-20(28)25)22(31)18-14-30(21-5-2-8-26-27-21)13-17(18)16-7-6-15(23)12-19(16)24/h2,5-8,12,17-18,20H,3-4,9-11,13-14,25H2,1H3/t17-,18?,20?/m0/s1. The number of nitrogens with two attached hydrogens (primary N) is 1. The summed E-state index contributed by atoms with van der Waals surface area (Å²) in [6.45, 7) is 2.70. The first-order valence-electron chi connectivity index (χ1n) is 10.7. The number of nitrogens with zero attached hydrogens (tertiary/aromatic N) is 5. The summed E-state index contributed by atoms with van der Waals surface area (Å²) in [5.41, 5.74) is 6.49. The molecule has 3 atom stereocenters. The molecule has 2 aliphatic rings. The molecule has 1 amide bonds. The fourth-order valence-corrected chi connectivity index (χ4v) is 4.54. The highest BCUT2D eigenvalue weighted by molar-refractivity contribution is 5.81. The monoisotopic (exact) mass is 430 g/mol. The van der Waals surface area contributed by atoms with Crippen molar-refractivity contribution in [1.29, 1.82) is 0 Å². The van der Waals surface area contributed by atoms with Crippen LogP contribution < -0.4 is 10.6 Å². The Morgan fingerprint density at radius 3 is 2.74 bits per heavy atom. The maximum atomic E-state index is 14.7. The van der Waals surface area contributed by atoms with E-state index in [-0.39, 0.29) is 12.1 Å². The summed E-state index contributed by atoms with van der Waals surface area (Å²) < 4.78 is 28.2. The zero-order chi connectivity index (χ0) is 22.0. The van der Waals surface area contributed by atoms with E-state index in [2.05, 4.69) is 15.1 Å². The Kier molecular flexibility index (Phi) is 6.43. The number of hydrogen-bond acceptors (Lipinski definition) is 6. The van der Waals surface area contributed by atoms with Crippen LogP contribution in [-0.2, 0) is 4.79 Å². The van der Waals surface area contributed by atoms with Crippen molar-refractivity contribution in [2.24, 2.45) is 11.7 Å². The van der Waals surface area contributed by atoms with Crippen LogP contribution >= 0.6 is 0 Å². The highest BCUT2D eigenvalue weighted by Gasteiger charge is 2.42. The minimum absolute atomic E-state index is 0.00283. The zero-order valence-corrected chi connectivity index (χ0v) is 17.6. The van der Waals surface area contributed by atoms with Gasteiger partial charge in [-0.25, -0.2) is 8.78 Å². The Balaban J connectivity index is 1.61. The van der Waals surface area contributed by atoms with Crippen molar-refractivity contribution in [1.82, 2.24) is 20.0 Å². The van der Waals surface area contributed by atoms with Crippen LogP contribution in [0.2, 0.25) is 0 Å². The van der Waals surface area contributed by atoms with Gasteiger partial charge in [0.05, 0.1) is 12.1 Å². The van der Waals surface area contributed by atoms with Crippen LogP contribution in [0.1, 0.15) is 24.3 Å². The molecule has 0 aliphatic carbocycles. The largest absolute Gasteiger partial charge is 0.354 e. The summed E-state index contributed by atoms with van der Waals surface area (Å²) >= 11 is 0. The first kappa shape index (κ1) is 21.6. The minimum Gasteiger partial charge on any atom is -0.354 e. The van der Waals surface area contributed by atoms with E-state index >= 15 is 0 Å². The van der Waals surface area contributed by atoms with Crippen LogP contribution in [-0.4, -0.2) is 71.8 Å². The molecule has 0 bridgehead atoms. The van der Waals surface area contributed by atoms with Gasteiger partial charge >= 0.3 is 0 Å². The maximum Gasteiger partial charge on any atom is 0.228 e. The molecule has 2 saturated heterocycles. The van der Waals surface area contributed by atoms with Crippen molar-refractivity contribution >= 4 is 11.7 Å². The Labute approximate surface area is 180 Å². The molecule has 2 unspecified atom stereocenters. The fraction of sp³-hybridized carbons (Fsp3) is 0.500. The molecule has 0 spiro atoms. The predicted octanol–water partition coefficient (Wildman–Crippen LogP) is 1.81. The van der Waals surface area contributed by atoms with Gasteiger partial charge in [-0.2, -0.15) is 5.10 Å². The van der Waals surface area contributed by atoms with Crippen LogP contribution in [0.4, 0.5) is 14.6 Å². The third kappa shape index (κ3) is 4.67. The summed E-state index contributed by atoms with van der Waals surface area (Å²) in [5.74, 6) is -1.48. The number of carbonyl (C=O) groups is 1. The van der Waals surface area contributed by atoms with Gasteiger partial charge in [-0.05, 0) is 43.7 Å². The average molecular weight is 431 g/mol. The number of aromatic nitrogens is 2. The fourth-order valence-electron chi connectivity index (χ4n) is 4.54. The molecular formula is C22H28F2N6O. The van der Waals surface area contributed by atoms with Gasteiger partial charge in [0, 0.05) is 50.9 Å². The highest BCUT2D eigenvalue weighted by Crippen LogP contribution is 2.37. The summed E-state index contributed by atoms with van der Waals surface area (Å²) in [5, 5.41) is 8.08. The van der Waals surface area contributed by atoms with Gasteiger partial charge in [-0.15, -0.1) is 5.10 Å². The molecule has 0 radical (unpaired) electrons. The van der Waals surface area contributed by atoms with Crippen molar-refractivity contribution < 1.29 is 13.6 Å². The van der Waals surface area contributed by atoms with Gasteiger partial charge in [-0.1, -0.05) is 6.07 Å². The van der Waals surface area contributed by atoms with E-state index in [1.165, 1.54) is 12.1 Å². The Hall–Kier alpha value is -2.65. The molecule has 1 aromatic carbocycles. The second kappa shape index (κ2) is 9.23. The molecule has 1 aromatic heterocycles. The number of amides is 1. The normalized spacial score (nSPS) is 25.4. The van der Waals surface area contributed by atoms with Gasteiger partial charge in [-0.3, -0.25) is 9.69 Å². The van der Waals surface area contributed by atoms with Gasteiger partial charge in [0.15, 0.2) is 5.82 Å². The van der Waals surface area contributed by atoms with Crippen molar-refractivity contribution in [2.45, 2.75) is 24.9 Å². The molecule has 2 N–H and O–H groups in total. The van der Waals surface area contributed by atoms with E-state index in [1.54, 1.807) is 12.3 Å². The van der Waals surface area contributed by atoms with Crippen molar-refractivity contribution in [3.05, 3.63) is 53.7 Å². The van der Waals surface area contributed by atoms with E-state index in [4.69, 9.17) is 5.73 Å². The highest BCUT2D eigenvalue weighted by atomic mass is 19.1. The lowest BCUT2D eigenvalue weighted by atomic mass is 9.87. The van der Waals surface area contributed by atoms with E-state index < -0.39 is 23.5 Å². The van der Waals surface area contributed by atoms with Crippen molar-refractivity contribution in [3.63, 3.8) is 0 Å². The Morgan fingerprint density at radius 1 is 1.16 bits per heavy atom. The molecule has 2 aliphatic heterocycles. The lowest BCUT2D eigenvalue weighted by Gasteiger charge is -2.34. The molecule has 9 heteroatoms. The molecule has 2 aromatic rings. The van der Waals surface area contributed by atoms with Gasteiger partial charge < -0.3 is 15.5 Å². The van der Waals surface area contributed by atoms with E-state index in [0.29, 0.717) is 44.1 Å². The number of rotatable bonds is 3. The van der Waals surface area contributed by atoms with Gasteiger partial charge in [0.1, 0.15) is 11.6 Å². The van der Waals surface area contributed by atoms with E-state index in [0.717, 1.165) is 18.9 Å². The van der Waals surface area contributed by atoms with Gasteiger partial charge in [0.25, 0.3) is 0 Å². The molecule has 7 nitrogen and oxygen atoms in total. The number of anilines is 1. The van der Waals surface area contributed by atoms with Crippen LogP contribution in [0.15, 0.2) is 36.5 Å². The summed E-state index contributed by atoms with van der Waals surface area (Å²) in [4.78, 5) is 19.5. The summed E-state index contributed by atoms with van der Waals surface area (Å²) in [7, 11) is 1.96. The molecule has 3 heterocycles. The minimum atomic E-state index is -0.629. The third-order valence-electron chi connectivity index (χ3n) is 6.41. The smallest absolute Gasteiger partial charge is 0.228 e. The van der Waals surface area contributed by atoms with Gasteiger partial charge in [0.2, 0.25) is 5.91 Å². The van der Waals surface area contributed by atoms with E-state index in [1.807, 2.05) is 22.9 Å². The van der Waals surface area contributed by atoms with Crippen LogP contribution in [0.25, 0.3) is 0 Å². The van der Waals surface area contributed by atoms with Crippen molar-refractivity contribution in [2.75, 3.05) is 44.7 Å². The molecule has 31 heavy (non-hydrogen) atoms. The average Bonchev–Trinajstić information content (AvgIpc) is 3.20. The molecule has 2 fully saturated rings. The topological polar surface area (TPSA) is 78.6 Å². The Bertz CT molecular complexity index is 914. The quantitative estimate of drug-likeness (QED) is 0.800. The number of carbonyl (C=O) groups excluding carboxylic acids is 1. The second-order valence-electron chi connectivity index (χ2n) is 8.38. The lowest BCUT2D eigenvalue weighted by molar-refractivity contribution is -0.136. The molecule has 4 rings (SSSR count). The number of likely N-dealkylation sites (N-methyl/N-ethyl adjacent to an activating group) is 1. The van der Waals surface area contributed by atoms with Crippen LogP contribution in [0.3, 0.4) is 0 Å². The zero-order valence-electron chi connectivity index (χ0n) is 17.6. The summed E-state index contributed by atoms with van der Waals surface area (Å²) in [6.07, 6.45) is 3.21. The predicted molar refractivity (Wildman–Crippen MR) is 113 cm³/mol.